The van der Waals surface area contributed by atoms with Crippen LogP contribution < -0.4 is 15.8 Å². The zero-order valence-electron chi connectivity index (χ0n) is 19.9. The number of nitrogens with zero attached hydrogens (tertiary/aromatic N) is 4. The first-order valence-corrected chi connectivity index (χ1v) is 12.1. The minimum absolute atomic E-state index is 0.0676. The molecule has 36 heavy (non-hydrogen) atoms. The summed E-state index contributed by atoms with van der Waals surface area (Å²) in [5.74, 6) is 0.944. The smallest absolute Gasteiger partial charge is 0.309 e. The minimum Gasteiger partial charge on any atom is -0.469 e. The van der Waals surface area contributed by atoms with Gasteiger partial charge in [-0.2, -0.15) is 5.10 Å². The maximum absolute atomic E-state index is 12.6. The second-order valence-electron chi connectivity index (χ2n) is 9.52. The van der Waals surface area contributed by atoms with E-state index in [2.05, 4.69) is 42.5 Å². The van der Waals surface area contributed by atoms with Crippen LogP contribution in [0.25, 0.3) is 22.3 Å². The van der Waals surface area contributed by atoms with Gasteiger partial charge in [0.1, 0.15) is 16.7 Å². The van der Waals surface area contributed by atoms with E-state index in [9.17, 15) is 9.59 Å². The molecule has 1 saturated carbocycles. The molecule has 1 aliphatic heterocycles. The molecular weight excluding hydrogens is 456 g/mol. The molecule has 2 aliphatic rings. The Hall–Kier alpha value is -4.27. The molecule has 9 heteroatoms. The lowest BCUT2D eigenvalue weighted by atomic mass is 9.90. The summed E-state index contributed by atoms with van der Waals surface area (Å²) in [5, 5.41) is 10.0. The molecule has 1 spiro atoms. The molecule has 2 fully saturated rings. The van der Waals surface area contributed by atoms with E-state index in [1.54, 1.807) is 0 Å². The van der Waals surface area contributed by atoms with Crippen molar-refractivity contribution >= 4 is 34.1 Å². The van der Waals surface area contributed by atoms with Gasteiger partial charge in [-0.1, -0.05) is 30.3 Å². The summed E-state index contributed by atoms with van der Waals surface area (Å²) >= 11 is 0. The molecule has 2 N–H and O–H groups in total. The number of anilines is 3. The van der Waals surface area contributed by atoms with E-state index in [1.165, 1.54) is 13.3 Å². The molecule has 0 amide bonds. The third-order valence-corrected chi connectivity index (χ3v) is 7.48. The molecule has 182 valence electrons. The predicted octanol–water partition coefficient (Wildman–Crippen LogP) is 3.90. The van der Waals surface area contributed by atoms with Crippen LogP contribution in [0.2, 0.25) is 0 Å². The molecule has 1 atom stereocenters. The van der Waals surface area contributed by atoms with Gasteiger partial charge >= 0.3 is 5.97 Å². The highest BCUT2D eigenvalue weighted by molar-refractivity contribution is 5.91. The van der Waals surface area contributed by atoms with Gasteiger partial charge in [-0.3, -0.25) is 9.59 Å². The Morgan fingerprint density at radius 2 is 1.83 bits per heavy atom. The van der Waals surface area contributed by atoms with Gasteiger partial charge in [-0.25, -0.2) is 15.1 Å². The fourth-order valence-corrected chi connectivity index (χ4v) is 5.29. The number of carbonyl (C=O) groups is 1. The molecule has 1 saturated heterocycles. The number of fused-ring (bicyclic) bond motifs is 1. The van der Waals surface area contributed by atoms with Crippen LogP contribution in [-0.4, -0.2) is 46.3 Å². The lowest BCUT2D eigenvalue weighted by Crippen LogP contribution is -2.35. The number of aromatic nitrogens is 4. The van der Waals surface area contributed by atoms with E-state index in [-0.39, 0.29) is 22.9 Å². The van der Waals surface area contributed by atoms with E-state index < -0.39 is 0 Å². The van der Waals surface area contributed by atoms with Gasteiger partial charge in [0.25, 0.3) is 5.56 Å². The van der Waals surface area contributed by atoms with E-state index in [1.807, 2.05) is 42.5 Å². The SMILES string of the molecule is COC(=O)C1CC12CCN(c1ccc(Nc3nc(-c4ccccc4)nc4cn[nH]c(=O)c34)cc1)CC2. The Balaban J connectivity index is 1.22. The topological polar surface area (TPSA) is 113 Å². The molecular formula is C27H26N6O3. The number of ether oxygens (including phenoxy) is 1. The van der Waals surface area contributed by atoms with E-state index >= 15 is 0 Å². The van der Waals surface area contributed by atoms with Crippen LogP contribution in [0.4, 0.5) is 17.2 Å². The first kappa shape index (κ1) is 22.2. The molecule has 4 aromatic rings. The van der Waals surface area contributed by atoms with Gasteiger partial charge in [0, 0.05) is 30.0 Å². The van der Waals surface area contributed by atoms with Crippen molar-refractivity contribution in [3.8, 4) is 11.4 Å². The van der Waals surface area contributed by atoms with Gasteiger partial charge in [0.05, 0.1) is 19.2 Å². The van der Waals surface area contributed by atoms with Gasteiger partial charge < -0.3 is 15.0 Å². The zero-order valence-corrected chi connectivity index (χ0v) is 19.9. The largest absolute Gasteiger partial charge is 0.469 e. The maximum Gasteiger partial charge on any atom is 0.309 e. The van der Waals surface area contributed by atoms with Crippen LogP contribution in [-0.2, 0) is 9.53 Å². The number of piperidine rings is 1. The Bertz CT molecular complexity index is 1480. The molecule has 1 aliphatic carbocycles. The number of rotatable bonds is 5. The average molecular weight is 483 g/mol. The molecule has 9 nitrogen and oxygen atoms in total. The monoisotopic (exact) mass is 482 g/mol. The highest BCUT2D eigenvalue weighted by atomic mass is 16.5. The number of aromatic amines is 1. The summed E-state index contributed by atoms with van der Waals surface area (Å²) in [4.78, 5) is 36.1. The first-order chi connectivity index (χ1) is 17.6. The number of benzene rings is 2. The van der Waals surface area contributed by atoms with E-state index in [0.717, 1.165) is 49.3 Å². The van der Waals surface area contributed by atoms with Crippen molar-refractivity contribution in [1.29, 1.82) is 0 Å². The maximum atomic E-state index is 12.6. The van der Waals surface area contributed by atoms with E-state index in [0.29, 0.717) is 22.5 Å². The van der Waals surface area contributed by atoms with Gasteiger partial charge in [0.15, 0.2) is 5.82 Å². The highest BCUT2D eigenvalue weighted by Gasteiger charge is 2.59. The Morgan fingerprint density at radius 3 is 2.56 bits per heavy atom. The number of methoxy groups -OCH3 is 1. The minimum atomic E-state index is -0.348. The average Bonchev–Trinajstić information content (AvgIpc) is 3.62. The fraction of sp³-hybridized carbons (Fsp3) is 0.296. The third-order valence-electron chi connectivity index (χ3n) is 7.48. The molecule has 1 unspecified atom stereocenters. The highest BCUT2D eigenvalue weighted by Crippen LogP contribution is 2.60. The van der Waals surface area contributed by atoms with Crippen molar-refractivity contribution < 1.29 is 9.53 Å². The molecule has 2 aromatic heterocycles. The lowest BCUT2D eigenvalue weighted by Gasteiger charge is -2.34. The fourth-order valence-electron chi connectivity index (χ4n) is 5.29. The van der Waals surface area contributed by atoms with Crippen LogP contribution in [0.1, 0.15) is 19.3 Å². The standard InChI is InChI=1S/C27H26N6O3/c1-36-26(35)20-15-27(20)11-13-33(14-12-27)19-9-7-18(8-10-19)29-24-22-21(16-28-32-25(22)34)30-23(31-24)17-5-3-2-4-6-17/h2-10,16,20H,11-15H2,1H3,(H,32,34)(H,29,30,31). The molecule has 2 aromatic carbocycles. The van der Waals surface area contributed by atoms with Crippen molar-refractivity contribution in [2.45, 2.75) is 19.3 Å². The second-order valence-corrected chi connectivity index (χ2v) is 9.52. The lowest BCUT2D eigenvalue weighted by molar-refractivity contribution is -0.143. The van der Waals surface area contributed by atoms with Crippen molar-refractivity contribution in [3.63, 3.8) is 0 Å². The van der Waals surface area contributed by atoms with Crippen LogP contribution in [0.3, 0.4) is 0 Å². The number of H-pyrrole nitrogens is 1. The number of esters is 1. The summed E-state index contributed by atoms with van der Waals surface area (Å²) in [6, 6.07) is 17.7. The van der Waals surface area contributed by atoms with Gasteiger partial charge in [-0.05, 0) is 48.9 Å². The molecule has 0 bridgehead atoms. The van der Waals surface area contributed by atoms with Gasteiger partial charge in [0.2, 0.25) is 0 Å². The van der Waals surface area contributed by atoms with Crippen molar-refractivity contribution in [2.75, 3.05) is 30.4 Å². The van der Waals surface area contributed by atoms with Crippen molar-refractivity contribution in [3.05, 3.63) is 71.1 Å². The Morgan fingerprint density at radius 1 is 1.08 bits per heavy atom. The second kappa shape index (κ2) is 8.75. The Labute approximate surface area is 207 Å². The van der Waals surface area contributed by atoms with Crippen LogP contribution in [0, 0.1) is 11.3 Å². The third kappa shape index (κ3) is 3.96. The number of carbonyl (C=O) groups excluding carboxylic acids is 1. The number of hydrogen-bond donors (Lipinski definition) is 2. The summed E-state index contributed by atoms with van der Waals surface area (Å²) < 4.78 is 4.95. The number of nitrogens with one attached hydrogen (secondary N) is 2. The quantitative estimate of drug-likeness (QED) is 0.412. The molecule has 6 rings (SSSR count). The van der Waals surface area contributed by atoms with Crippen molar-refractivity contribution in [1.82, 2.24) is 20.2 Å². The predicted molar refractivity (Wildman–Crippen MR) is 137 cm³/mol. The van der Waals surface area contributed by atoms with E-state index in [4.69, 9.17) is 4.74 Å². The van der Waals surface area contributed by atoms with Crippen LogP contribution in [0.5, 0.6) is 0 Å². The number of hydrogen-bond acceptors (Lipinski definition) is 8. The normalized spacial score (nSPS) is 18.2. The van der Waals surface area contributed by atoms with Crippen LogP contribution >= 0.6 is 0 Å². The first-order valence-electron chi connectivity index (χ1n) is 12.1. The summed E-state index contributed by atoms with van der Waals surface area (Å²) in [7, 11) is 1.47. The van der Waals surface area contributed by atoms with Crippen molar-refractivity contribution in [2.24, 2.45) is 11.3 Å². The van der Waals surface area contributed by atoms with Crippen LogP contribution in [0.15, 0.2) is 65.6 Å². The van der Waals surface area contributed by atoms with Gasteiger partial charge in [-0.15, -0.1) is 0 Å². The summed E-state index contributed by atoms with van der Waals surface area (Å²) in [6.07, 6.45) is 4.48. The summed E-state index contributed by atoms with van der Waals surface area (Å²) in [5.41, 5.74) is 3.06. The summed E-state index contributed by atoms with van der Waals surface area (Å²) in [6.45, 7) is 1.83. The zero-order chi connectivity index (χ0) is 24.7. The molecule has 0 radical (unpaired) electrons. The Kier molecular flexibility index (Phi) is 5.40. The molecule has 3 heterocycles.